The summed E-state index contributed by atoms with van der Waals surface area (Å²) in [5.41, 5.74) is 3.79. The van der Waals surface area contributed by atoms with Crippen LogP contribution in [-0.4, -0.2) is 42.8 Å². The van der Waals surface area contributed by atoms with E-state index in [9.17, 15) is 19.5 Å². The van der Waals surface area contributed by atoms with Gasteiger partial charge in [0.25, 0.3) is 0 Å². The zero-order valence-corrected chi connectivity index (χ0v) is 31.3. The van der Waals surface area contributed by atoms with Gasteiger partial charge in [-0.15, -0.1) is 6.58 Å². The molecule has 7 heteroatoms. The van der Waals surface area contributed by atoms with Crippen LogP contribution in [0.15, 0.2) is 43.0 Å². The van der Waals surface area contributed by atoms with Gasteiger partial charge in [-0.3, -0.25) is 4.79 Å². The summed E-state index contributed by atoms with van der Waals surface area (Å²) in [4.78, 5) is 35.9. The van der Waals surface area contributed by atoms with E-state index in [1.54, 1.807) is 25.1 Å². The first kappa shape index (κ1) is 37.2. The number of carbonyl (C=O) groups excluding carboxylic acids is 2. The maximum atomic E-state index is 12.7. The number of carboxylic acid groups (broad SMARTS) is 1. The Kier molecular flexibility index (Phi) is 10.5. The normalized spacial score (nSPS) is 36.9. The Balaban J connectivity index is 0.00000151. The summed E-state index contributed by atoms with van der Waals surface area (Å²) in [6.45, 7) is 20.7. The summed E-state index contributed by atoms with van der Waals surface area (Å²) in [6.07, 6.45) is 16.4. The number of fused-ring (bicyclic) bond motifs is 7. The molecule has 0 aliphatic heterocycles. The molecule has 7 unspecified atom stereocenters. The van der Waals surface area contributed by atoms with Gasteiger partial charge in [0.05, 0.1) is 12.2 Å². The first-order valence-corrected chi connectivity index (χ1v) is 18.9. The van der Waals surface area contributed by atoms with Crippen LogP contribution >= 0.6 is 0 Å². The Hall–Kier alpha value is -3.09. The molecule has 6 rings (SSSR count). The molecule has 49 heavy (non-hydrogen) atoms. The SMILES string of the molecule is C=CC.CCOC(=O)CNC(=O)NCC12CCCC1C1CCC3C4(C)CC=C(c5ccc(C(=O)O)cc5)C(C)(C)C4CCC3(C)[C@]1(C)CC2. The molecule has 5 aliphatic rings. The molecule has 8 atom stereocenters. The van der Waals surface area contributed by atoms with Crippen molar-refractivity contribution >= 4 is 23.5 Å². The lowest BCUT2D eigenvalue weighted by Crippen LogP contribution is -2.65. The second-order valence-electron chi connectivity index (χ2n) is 17.2. The molecule has 0 aromatic heterocycles. The summed E-state index contributed by atoms with van der Waals surface area (Å²) in [6, 6.07) is 7.25. The van der Waals surface area contributed by atoms with E-state index in [2.05, 4.69) is 57.9 Å². The van der Waals surface area contributed by atoms with Crippen LogP contribution < -0.4 is 10.6 Å². The molecule has 0 radical (unpaired) electrons. The molecule has 0 heterocycles. The van der Waals surface area contributed by atoms with E-state index >= 15 is 0 Å². The van der Waals surface area contributed by atoms with Gasteiger partial charge in [0, 0.05) is 6.54 Å². The number of amides is 2. The standard InChI is InChI=1S/C39H56N2O5.C3H6/c1-7-46-32(42)23-40-34(45)41-24-39-18-8-9-29(39)28-14-15-31-36(4)19-16-27(25-10-12-26(13-11-25)33(43)44)35(2,3)30(36)17-20-38(31,6)37(28,5)21-22-39;1-3-2/h10-13,16,28-31H,7-9,14-15,17-24H2,1-6H3,(H,43,44)(H2,40,41,45);3H,1H2,2H3/t28?,29?,30?,31?,36?,37-,38?,39?;/m1./s1. The van der Waals surface area contributed by atoms with Gasteiger partial charge in [0.15, 0.2) is 0 Å². The number of rotatable bonds is 7. The number of benzene rings is 1. The molecule has 0 spiro atoms. The second-order valence-corrected chi connectivity index (χ2v) is 17.2. The van der Waals surface area contributed by atoms with E-state index in [0.29, 0.717) is 42.4 Å². The van der Waals surface area contributed by atoms with E-state index in [1.807, 2.05) is 19.1 Å². The highest BCUT2D eigenvalue weighted by atomic mass is 16.5. The number of aromatic carboxylic acids is 1. The maximum Gasteiger partial charge on any atom is 0.335 e. The van der Waals surface area contributed by atoms with Gasteiger partial charge in [-0.25, -0.2) is 9.59 Å². The quantitative estimate of drug-likeness (QED) is 0.198. The average Bonchev–Trinajstić information content (AvgIpc) is 3.48. The zero-order chi connectivity index (χ0) is 35.8. The van der Waals surface area contributed by atoms with Crippen molar-refractivity contribution in [1.29, 1.82) is 0 Å². The molecule has 2 amide bonds. The highest BCUT2D eigenvalue weighted by molar-refractivity contribution is 5.88. The number of urea groups is 1. The van der Waals surface area contributed by atoms with Crippen molar-refractivity contribution in [2.45, 2.75) is 113 Å². The number of hydrogen-bond donors (Lipinski definition) is 3. The fourth-order valence-corrected chi connectivity index (χ4v) is 12.6. The molecule has 1 aromatic carbocycles. The number of ether oxygens (including phenoxy) is 1. The minimum atomic E-state index is -0.878. The number of esters is 1. The van der Waals surface area contributed by atoms with Gasteiger partial charge in [0.2, 0.25) is 0 Å². The van der Waals surface area contributed by atoms with Gasteiger partial charge >= 0.3 is 18.0 Å². The summed E-state index contributed by atoms with van der Waals surface area (Å²) >= 11 is 0. The lowest BCUT2D eigenvalue weighted by Gasteiger charge is -2.72. The molecule has 270 valence electrons. The Morgan fingerprint density at radius 3 is 2.24 bits per heavy atom. The third-order valence-corrected chi connectivity index (χ3v) is 14.9. The largest absolute Gasteiger partial charge is 0.478 e. The summed E-state index contributed by atoms with van der Waals surface area (Å²) in [7, 11) is 0. The van der Waals surface area contributed by atoms with E-state index < -0.39 is 11.9 Å². The van der Waals surface area contributed by atoms with E-state index in [0.717, 1.165) is 18.4 Å². The van der Waals surface area contributed by atoms with Crippen LogP contribution in [0.4, 0.5) is 4.79 Å². The average molecular weight is 675 g/mol. The van der Waals surface area contributed by atoms with Crippen molar-refractivity contribution in [2.75, 3.05) is 19.7 Å². The van der Waals surface area contributed by atoms with Gasteiger partial charge in [-0.1, -0.05) is 65.3 Å². The lowest BCUT2D eigenvalue weighted by atomic mass is 9.32. The minimum absolute atomic E-state index is 0.00349. The van der Waals surface area contributed by atoms with Crippen molar-refractivity contribution in [3.05, 3.63) is 54.1 Å². The summed E-state index contributed by atoms with van der Waals surface area (Å²) in [5.74, 6) is 1.25. The summed E-state index contributed by atoms with van der Waals surface area (Å²) < 4.78 is 4.96. The Labute approximate surface area is 295 Å². The predicted octanol–water partition coefficient (Wildman–Crippen LogP) is 9.29. The van der Waals surface area contributed by atoms with Gasteiger partial charge in [0.1, 0.15) is 6.54 Å². The van der Waals surface area contributed by atoms with Crippen LogP contribution in [-0.2, 0) is 9.53 Å². The van der Waals surface area contributed by atoms with E-state index in [4.69, 9.17) is 4.74 Å². The zero-order valence-electron chi connectivity index (χ0n) is 31.3. The molecule has 4 saturated carbocycles. The monoisotopic (exact) mass is 674 g/mol. The number of nitrogens with one attached hydrogen (secondary N) is 2. The second kappa shape index (κ2) is 13.9. The molecule has 0 saturated heterocycles. The molecular formula is C42H62N2O5. The highest BCUT2D eigenvalue weighted by Gasteiger charge is 2.69. The van der Waals surface area contributed by atoms with Crippen molar-refractivity contribution in [3.63, 3.8) is 0 Å². The fourth-order valence-electron chi connectivity index (χ4n) is 12.6. The molecule has 4 fully saturated rings. The third-order valence-electron chi connectivity index (χ3n) is 14.9. The third kappa shape index (κ3) is 6.26. The molecule has 7 nitrogen and oxygen atoms in total. The van der Waals surface area contributed by atoms with Gasteiger partial charge in [-0.05, 0) is 146 Å². The molecule has 5 aliphatic carbocycles. The lowest BCUT2D eigenvalue weighted by molar-refractivity contribution is -0.222. The predicted molar refractivity (Wildman–Crippen MR) is 196 cm³/mol. The van der Waals surface area contributed by atoms with E-state index in [1.165, 1.54) is 56.9 Å². The highest BCUT2D eigenvalue weighted by Crippen LogP contribution is 2.77. The van der Waals surface area contributed by atoms with Crippen molar-refractivity contribution < 1.29 is 24.2 Å². The minimum Gasteiger partial charge on any atom is -0.478 e. The van der Waals surface area contributed by atoms with Crippen LogP contribution in [0.1, 0.15) is 129 Å². The first-order chi connectivity index (χ1) is 23.1. The Morgan fingerprint density at radius 2 is 1.59 bits per heavy atom. The number of carbonyl (C=O) groups is 3. The molecule has 1 aromatic rings. The van der Waals surface area contributed by atoms with Gasteiger partial charge < -0.3 is 20.5 Å². The first-order valence-electron chi connectivity index (χ1n) is 18.9. The Morgan fingerprint density at radius 1 is 0.898 bits per heavy atom. The van der Waals surface area contributed by atoms with Crippen molar-refractivity contribution in [3.8, 4) is 0 Å². The van der Waals surface area contributed by atoms with Crippen molar-refractivity contribution in [2.24, 2.45) is 50.7 Å². The number of allylic oxidation sites excluding steroid dienone is 3. The van der Waals surface area contributed by atoms with Crippen LogP contribution in [0.5, 0.6) is 0 Å². The fraction of sp³-hybridized carbons (Fsp3) is 0.690. The molecule has 3 N–H and O–H groups in total. The smallest absolute Gasteiger partial charge is 0.335 e. The van der Waals surface area contributed by atoms with Crippen LogP contribution in [0, 0.1) is 50.7 Å². The number of carboxylic acids is 1. The molecule has 0 bridgehead atoms. The van der Waals surface area contributed by atoms with Gasteiger partial charge in [-0.2, -0.15) is 0 Å². The number of hydrogen-bond acceptors (Lipinski definition) is 4. The van der Waals surface area contributed by atoms with Crippen LogP contribution in [0.25, 0.3) is 5.57 Å². The molecular weight excluding hydrogens is 612 g/mol. The van der Waals surface area contributed by atoms with Crippen LogP contribution in [0.2, 0.25) is 0 Å². The van der Waals surface area contributed by atoms with E-state index in [-0.39, 0.29) is 39.7 Å². The topological polar surface area (TPSA) is 105 Å². The maximum absolute atomic E-state index is 12.7. The van der Waals surface area contributed by atoms with Crippen LogP contribution in [0.3, 0.4) is 0 Å². The summed E-state index contributed by atoms with van der Waals surface area (Å²) in [5, 5.41) is 15.3. The Bertz CT molecular complexity index is 1450. The van der Waals surface area contributed by atoms with Crippen molar-refractivity contribution in [1.82, 2.24) is 10.6 Å².